The Balaban J connectivity index is 0.000000211. The van der Waals surface area contributed by atoms with E-state index in [0.717, 1.165) is 6.04 Å². The van der Waals surface area contributed by atoms with Crippen LogP contribution in [-0.4, -0.2) is 16.5 Å². The van der Waals surface area contributed by atoms with Crippen LogP contribution in [0.3, 0.4) is 0 Å². The van der Waals surface area contributed by atoms with Gasteiger partial charge >= 0.3 is 78.0 Å². The summed E-state index contributed by atoms with van der Waals surface area (Å²) in [6.45, 7) is 6.61. The topological polar surface area (TPSA) is 13.1 Å². The fourth-order valence-electron chi connectivity index (χ4n) is 2.38. The molecule has 3 nitrogen and oxygen atoms in total. The van der Waals surface area contributed by atoms with Gasteiger partial charge in [0.25, 0.3) is 0 Å². The number of nitrogens with zero attached hydrogens (tertiary/aromatic N) is 3. The number of aromatic nitrogens is 2. The predicted octanol–water partition coefficient (Wildman–Crippen LogP) is 5.37. The van der Waals surface area contributed by atoms with Gasteiger partial charge in [0.05, 0.1) is 0 Å². The van der Waals surface area contributed by atoms with Crippen molar-refractivity contribution in [2.45, 2.75) is 70.9 Å². The van der Waals surface area contributed by atoms with Crippen LogP contribution in [0.1, 0.15) is 59.3 Å². The molecular formula is C15H27I2N3Pt. The van der Waals surface area contributed by atoms with E-state index in [1.807, 2.05) is 0 Å². The fourth-order valence-corrected chi connectivity index (χ4v) is 4.60. The molecule has 0 saturated heterocycles. The molecule has 0 bridgehead atoms. The van der Waals surface area contributed by atoms with E-state index < -0.39 is 0 Å². The van der Waals surface area contributed by atoms with E-state index in [0.29, 0.717) is 0 Å². The minimum Gasteiger partial charge on any atom is -0.185 e. The van der Waals surface area contributed by atoms with Gasteiger partial charge < -0.3 is 0 Å². The Morgan fingerprint density at radius 3 is 1.90 bits per heavy atom. The molecule has 0 unspecified atom stereocenters. The van der Waals surface area contributed by atoms with E-state index in [1.165, 1.54) is 42.3 Å². The Labute approximate surface area is 168 Å². The van der Waals surface area contributed by atoms with E-state index in [1.54, 1.807) is 0 Å². The summed E-state index contributed by atoms with van der Waals surface area (Å²) in [5, 5.41) is 0. The van der Waals surface area contributed by atoms with Gasteiger partial charge in [-0.05, 0) is 12.8 Å². The van der Waals surface area contributed by atoms with Crippen molar-refractivity contribution in [3.8, 4) is 0 Å². The molecule has 1 saturated carbocycles. The zero-order chi connectivity index (χ0) is 16.0. The standard InChI is InChI=1S/C8H14N2.C7H13I2N.Pt/c1-8(2,3)10-6-5-9(4)7-10;8-10(9)7-5-3-1-2-4-6-7;/h5-6H,1-4H3;7H,1-6H2;. The molecule has 0 aliphatic heterocycles. The van der Waals surface area contributed by atoms with Gasteiger partial charge in [0.15, 0.2) is 0 Å². The van der Waals surface area contributed by atoms with Gasteiger partial charge in [0.2, 0.25) is 0 Å². The second-order valence-electron chi connectivity index (χ2n) is 6.60. The molecule has 1 heterocycles. The molecular weight excluding hydrogens is 671 g/mol. The Hall–Kier alpha value is 1.32. The summed E-state index contributed by atoms with van der Waals surface area (Å²) in [5.74, 6) is 0. The van der Waals surface area contributed by atoms with Crippen molar-refractivity contribution in [3.05, 3.63) is 16.2 Å². The van der Waals surface area contributed by atoms with Gasteiger partial charge in [-0.3, -0.25) is 0 Å². The first-order valence-electron chi connectivity index (χ1n) is 7.54. The maximum absolute atomic E-state index is 2.40. The SMILES string of the molecule is Cn1ccn(C(C)(C)C)[c]1=[Pt].IN(I)C1CCCCCC1. The smallest absolute Gasteiger partial charge is 0.0311 e. The summed E-state index contributed by atoms with van der Waals surface area (Å²) in [4.78, 5) is 0. The molecule has 1 fully saturated rings. The molecule has 0 radical (unpaired) electrons. The van der Waals surface area contributed by atoms with Crippen LogP contribution < -0.4 is 0 Å². The predicted molar refractivity (Wildman–Crippen MR) is 103 cm³/mol. The normalized spacial score (nSPS) is 17.4. The zero-order valence-corrected chi connectivity index (χ0v) is 20.0. The number of halogens is 2. The zero-order valence-electron chi connectivity index (χ0n) is 13.4. The quantitative estimate of drug-likeness (QED) is 0.219. The first kappa shape index (κ1) is 20.4. The first-order valence-corrected chi connectivity index (χ1v) is 10.6. The molecule has 6 heteroatoms. The van der Waals surface area contributed by atoms with Crippen molar-refractivity contribution < 1.29 is 19.4 Å². The summed E-state index contributed by atoms with van der Waals surface area (Å²) in [6, 6.07) is 0.851. The second-order valence-corrected chi connectivity index (χ2v) is 11.5. The molecule has 1 aliphatic carbocycles. The first-order chi connectivity index (χ1) is 9.73. The number of aryl methyl sites for hydroxylation is 1. The van der Waals surface area contributed by atoms with Crippen LogP contribution in [0.5, 0.6) is 0 Å². The van der Waals surface area contributed by atoms with Gasteiger partial charge in [-0.2, -0.15) is 1.33 Å². The summed E-state index contributed by atoms with van der Waals surface area (Å²) in [7, 11) is 2.06. The number of rotatable bonds is 1. The van der Waals surface area contributed by atoms with E-state index in [4.69, 9.17) is 0 Å². The van der Waals surface area contributed by atoms with Crippen molar-refractivity contribution in [1.29, 1.82) is 0 Å². The summed E-state index contributed by atoms with van der Waals surface area (Å²) < 4.78 is 7.96. The Bertz CT molecular complexity index is 466. The fraction of sp³-hybridized carbons (Fsp3) is 0.800. The molecule has 0 aromatic carbocycles. The monoisotopic (exact) mass is 698 g/mol. The molecule has 126 valence electrons. The van der Waals surface area contributed by atoms with Crippen molar-refractivity contribution in [1.82, 2.24) is 10.5 Å². The molecule has 0 spiro atoms. The van der Waals surface area contributed by atoms with Crippen molar-refractivity contribution in [2.24, 2.45) is 7.05 Å². The van der Waals surface area contributed by atoms with Gasteiger partial charge in [-0.15, -0.1) is 0 Å². The Kier molecular flexibility index (Phi) is 9.28. The average Bonchev–Trinajstić information content (AvgIpc) is 2.62. The third-order valence-corrected chi connectivity index (χ3v) is 6.64. The molecule has 21 heavy (non-hydrogen) atoms. The van der Waals surface area contributed by atoms with Gasteiger partial charge in [-0.1, -0.05) is 25.7 Å². The van der Waals surface area contributed by atoms with E-state index in [2.05, 4.69) is 116 Å². The molecule has 2 rings (SSSR count). The molecule has 0 amide bonds. The van der Waals surface area contributed by atoms with Gasteiger partial charge in [0, 0.05) is 51.8 Å². The molecule has 0 atom stereocenters. The molecule has 1 aliphatic rings. The largest absolute Gasteiger partial charge is 0.185 e. The van der Waals surface area contributed by atoms with Crippen molar-refractivity contribution >= 4 is 45.7 Å². The van der Waals surface area contributed by atoms with Crippen LogP contribution in [0.25, 0.3) is 0 Å². The molecule has 0 N–H and O–H groups in total. The third-order valence-electron chi connectivity index (χ3n) is 3.72. The second kappa shape index (κ2) is 9.57. The van der Waals surface area contributed by atoms with Gasteiger partial charge in [0.1, 0.15) is 0 Å². The minimum absolute atomic E-state index is 0.193. The number of hydrogen-bond donors (Lipinski definition) is 0. The maximum atomic E-state index is 2.40. The maximum Gasteiger partial charge on any atom is 0.0311 e. The minimum atomic E-state index is 0.193. The van der Waals surface area contributed by atoms with Crippen LogP contribution in [-0.2, 0) is 31.9 Å². The van der Waals surface area contributed by atoms with Crippen molar-refractivity contribution in [3.63, 3.8) is 0 Å². The Morgan fingerprint density at radius 2 is 1.62 bits per heavy atom. The molecule has 1 aromatic heterocycles. The van der Waals surface area contributed by atoms with E-state index in [9.17, 15) is 0 Å². The molecule has 1 aromatic rings. The summed E-state index contributed by atoms with van der Waals surface area (Å²) in [5.41, 5.74) is 0.193. The van der Waals surface area contributed by atoms with Crippen LogP contribution in [0.15, 0.2) is 12.4 Å². The van der Waals surface area contributed by atoms with Gasteiger partial charge in [-0.25, -0.2) is 0 Å². The summed E-state index contributed by atoms with van der Waals surface area (Å²) >= 11 is 7.13. The van der Waals surface area contributed by atoms with E-state index in [-0.39, 0.29) is 5.54 Å². The van der Waals surface area contributed by atoms with E-state index >= 15 is 0 Å². The van der Waals surface area contributed by atoms with Crippen LogP contribution in [0, 0.1) is 3.80 Å². The number of hydrogen-bond acceptors (Lipinski definition) is 1. The Morgan fingerprint density at radius 1 is 1.10 bits per heavy atom. The van der Waals surface area contributed by atoms with Crippen molar-refractivity contribution in [2.75, 3.05) is 0 Å². The van der Waals surface area contributed by atoms with Crippen LogP contribution >= 0.6 is 45.7 Å². The summed E-state index contributed by atoms with van der Waals surface area (Å²) in [6.07, 6.45) is 12.8. The average molecular weight is 698 g/mol. The number of imidazole rings is 1. The third kappa shape index (κ3) is 7.17. The van der Waals surface area contributed by atoms with Crippen LogP contribution in [0.2, 0.25) is 0 Å². The van der Waals surface area contributed by atoms with Crippen LogP contribution in [0.4, 0.5) is 0 Å².